The highest BCUT2D eigenvalue weighted by Gasteiger charge is 2.16. The van der Waals surface area contributed by atoms with Crippen molar-refractivity contribution >= 4 is 5.84 Å². The summed E-state index contributed by atoms with van der Waals surface area (Å²) in [5, 5.41) is 8.10. The Morgan fingerprint density at radius 2 is 1.93 bits per heavy atom. The van der Waals surface area contributed by atoms with Crippen LogP contribution in [0.5, 0.6) is 0 Å². The maximum absolute atomic E-state index is 6.17. The summed E-state index contributed by atoms with van der Waals surface area (Å²) in [4.78, 5) is 12.4. The number of nitrogens with two attached hydrogens (primary N) is 1. The van der Waals surface area contributed by atoms with E-state index in [4.69, 9.17) is 15.1 Å². The molecule has 1 aliphatic rings. The molecule has 2 N–H and O–H groups in total. The van der Waals surface area contributed by atoms with Crippen LogP contribution in [0.25, 0.3) is 11.5 Å². The van der Waals surface area contributed by atoms with Gasteiger partial charge in [-0.1, -0.05) is 53.1 Å². The largest absolute Gasteiger partial charge is 0.383 e. The number of likely N-dealkylation sites (tertiary alicyclic amines) is 1. The van der Waals surface area contributed by atoms with E-state index in [1.165, 1.54) is 24.8 Å². The normalized spacial score (nSPS) is 16.4. The third-order valence-corrected chi connectivity index (χ3v) is 5.21. The highest BCUT2D eigenvalue weighted by atomic mass is 16.6. The molecule has 7 heteroatoms. The van der Waals surface area contributed by atoms with Crippen LogP contribution in [-0.2, 0) is 11.4 Å². The molecule has 4 rings (SSSR count). The third kappa shape index (κ3) is 5.04. The number of hydrogen-bond donors (Lipinski definition) is 1. The number of rotatable bonds is 7. The van der Waals surface area contributed by atoms with E-state index in [2.05, 4.69) is 32.3 Å². The van der Waals surface area contributed by atoms with E-state index in [9.17, 15) is 0 Å². The van der Waals surface area contributed by atoms with E-state index in [1.807, 2.05) is 49.4 Å². The van der Waals surface area contributed by atoms with Gasteiger partial charge in [0.05, 0.1) is 0 Å². The summed E-state index contributed by atoms with van der Waals surface area (Å²) < 4.78 is 5.33. The van der Waals surface area contributed by atoms with Gasteiger partial charge in [-0.05, 0) is 56.6 Å². The molecule has 0 amide bonds. The van der Waals surface area contributed by atoms with Crippen LogP contribution < -0.4 is 5.73 Å². The van der Waals surface area contributed by atoms with Gasteiger partial charge in [-0.2, -0.15) is 4.98 Å². The first-order valence-corrected chi connectivity index (χ1v) is 10.4. The summed E-state index contributed by atoms with van der Waals surface area (Å²) in [7, 11) is 0. The first kappa shape index (κ1) is 20.1. The van der Waals surface area contributed by atoms with Gasteiger partial charge in [-0.25, -0.2) is 0 Å². The van der Waals surface area contributed by atoms with Crippen molar-refractivity contribution in [2.45, 2.75) is 38.8 Å². The predicted octanol–water partition coefficient (Wildman–Crippen LogP) is 4.12. The summed E-state index contributed by atoms with van der Waals surface area (Å²) in [5.41, 5.74) is 9.10. The summed E-state index contributed by atoms with van der Waals surface area (Å²) in [6.45, 7) is 5.06. The van der Waals surface area contributed by atoms with Gasteiger partial charge >= 0.3 is 0 Å². The number of piperidine rings is 1. The first-order valence-electron chi connectivity index (χ1n) is 10.4. The minimum atomic E-state index is -0.485. The monoisotopic (exact) mass is 405 g/mol. The molecule has 30 heavy (non-hydrogen) atoms. The fraction of sp³-hybridized carbons (Fsp3) is 0.348. The SMILES string of the molecule is CC(O/N=C(\N)c1cccc(CN2CCCCC2)c1)c1noc(-c2ccccc2)n1. The van der Waals surface area contributed by atoms with Crippen LogP contribution in [0.4, 0.5) is 0 Å². The lowest BCUT2D eigenvalue weighted by Crippen LogP contribution is -2.29. The molecule has 156 valence electrons. The van der Waals surface area contributed by atoms with Crippen molar-refractivity contribution in [2.24, 2.45) is 10.9 Å². The van der Waals surface area contributed by atoms with Gasteiger partial charge in [0, 0.05) is 17.7 Å². The molecule has 0 radical (unpaired) electrons. The summed E-state index contributed by atoms with van der Waals surface area (Å²) in [6, 6.07) is 17.7. The fourth-order valence-electron chi connectivity index (χ4n) is 3.54. The maximum atomic E-state index is 6.17. The van der Waals surface area contributed by atoms with Crippen molar-refractivity contribution < 1.29 is 9.36 Å². The summed E-state index contributed by atoms with van der Waals surface area (Å²) in [6.07, 6.45) is 3.40. The molecule has 0 saturated carbocycles. The smallest absolute Gasteiger partial charge is 0.258 e. The Balaban J connectivity index is 1.39. The van der Waals surface area contributed by atoms with Crippen molar-refractivity contribution in [2.75, 3.05) is 13.1 Å². The highest BCUT2D eigenvalue weighted by molar-refractivity contribution is 5.97. The number of nitrogens with zero attached hydrogens (tertiary/aromatic N) is 4. The zero-order valence-electron chi connectivity index (χ0n) is 17.2. The zero-order valence-corrected chi connectivity index (χ0v) is 17.2. The van der Waals surface area contributed by atoms with Gasteiger partial charge in [0.15, 0.2) is 11.9 Å². The second kappa shape index (κ2) is 9.54. The Bertz CT molecular complexity index is 980. The molecule has 1 aromatic heterocycles. The lowest BCUT2D eigenvalue weighted by Gasteiger charge is -2.26. The van der Waals surface area contributed by atoms with E-state index < -0.39 is 6.10 Å². The number of hydrogen-bond acceptors (Lipinski definition) is 6. The van der Waals surface area contributed by atoms with Gasteiger partial charge < -0.3 is 15.1 Å². The lowest BCUT2D eigenvalue weighted by atomic mass is 10.1. The van der Waals surface area contributed by atoms with Gasteiger partial charge in [0.1, 0.15) is 0 Å². The molecule has 2 aromatic carbocycles. The predicted molar refractivity (Wildman–Crippen MR) is 116 cm³/mol. The van der Waals surface area contributed by atoms with Crippen LogP contribution in [0.2, 0.25) is 0 Å². The van der Waals surface area contributed by atoms with Gasteiger partial charge in [0.2, 0.25) is 5.82 Å². The van der Waals surface area contributed by atoms with Gasteiger partial charge in [-0.3, -0.25) is 4.90 Å². The minimum absolute atomic E-state index is 0.328. The summed E-state index contributed by atoms with van der Waals surface area (Å²) in [5.74, 6) is 1.20. The second-order valence-electron chi connectivity index (χ2n) is 7.59. The van der Waals surface area contributed by atoms with Crippen molar-refractivity contribution in [1.29, 1.82) is 0 Å². The standard InChI is InChI=1S/C23H27N5O2/c1-17(22-25-23(30-27-22)19-10-4-2-5-11-19)29-26-21(24)20-12-8-9-18(15-20)16-28-13-6-3-7-14-28/h2,4-5,8-12,15,17H,3,6-7,13-14,16H2,1H3,(H2,24,26). The average molecular weight is 406 g/mol. The quantitative estimate of drug-likeness (QED) is 0.361. The number of amidine groups is 1. The number of aromatic nitrogens is 2. The molecule has 3 aromatic rings. The van der Waals surface area contributed by atoms with E-state index in [1.54, 1.807) is 0 Å². The zero-order chi connectivity index (χ0) is 20.8. The molecule has 1 unspecified atom stereocenters. The van der Waals surface area contributed by atoms with Crippen LogP contribution in [0.3, 0.4) is 0 Å². The average Bonchev–Trinajstić information content (AvgIpc) is 3.29. The molecule has 7 nitrogen and oxygen atoms in total. The molecule has 0 aliphatic carbocycles. The topological polar surface area (TPSA) is 89.8 Å². The Hall–Kier alpha value is -3.19. The maximum Gasteiger partial charge on any atom is 0.258 e. The van der Waals surface area contributed by atoms with Crippen LogP contribution >= 0.6 is 0 Å². The van der Waals surface area contributed by atoms with Crippen LogP contribution in [-0.4, -0.2) is 34.0 Å². The van der Waals surface area contributed by atoms with Crippen molar-refractivity contribution in [3.63, 3.8) is 0 Å². The van der Waals surface area contributed by atoms with Crippen LogP contribution in [0, 0.1) is 0 Å². The van der Waals surface area contributed by atoms with E-state index in [0.717, 1.165) is 30.8 Å². The number of oxime groups is 1. The third-order valence-electron chi connectivity index (χ3n) is 5.21. The van der Waals surface area contributed by atoms with Gasteiger partial charge in [-0.15, -0.1) is 0 Å². The fourth-order valence-corrected chi connectivity index (χ4v) is 3.54. The molecular formula is C23H27N5O2. The molecule has 2 heterocycles. The molecule has 1 atom stereocenters. The number of benzene rings is 2. The Labute approximate surface area is 176 Å². The van der Waals surface area contributed by atoms with Crippen molar-refractivity contribution in [1.82, 2.24) is 15.0 Å². The van der Waals surface area contributed by atoms with Crippen molar-refractivity contribution in [3.05, 3.63) is 71.5 Å². The van der Waals surface area contributed by atoms with Crippen LogP contribution in [0.15, 0.2) is 64.3 Å². The molecular weight excluding hydrogens is 378 g/mol. The molecule has 0 bridgehead atoms. The molecule has 0 spiro atoms. The van der Waals surface area contributed by atoms with Crippen molar-refractivity contribution in [3.8, 4) is 11.5 Å². The van der Waals surface area contributed by atoms with Gasteiger partial charge in [0.25, 0.3) is 5.89 Å². The Kier molecular flexibility index (Phi) is 6.39. The van der Waals surface area contributed by atoms with E-state index in [0.29, 0.717) is 17.6 Å². The summed E-state index contributed by atoms with van der Waals surface area (Å²) >= 11 is 0. The second-order valence-corrected chi connectivity index (χ2v) is 7.59. The highest BCUT2D eigenvalue weighted by Crippen LogP contribution is 2.21. The first-order chi connectivity index (χ1) is 14.7. The minimum Gasteiger partial charge on any atom is -0.383 e. The van der Waals surface area contributed by atoms with E-state index in [-0.39, 0.29) is 0 Å². The van der Waals surface area contributed by atoms with Crippen LogP contribution in [0.1, 0.15) is 49.2 Å². The Morgan fingerprint density at radius 3 is 2.73 bits per heavy atom. The Morgan fingerprint density at radius 1 is 1.13 bits per heavy atom. The molecule has 1 aliphatic heterocycles. The lowest BCUT2D eigenvalue weighted by molar-refractivity contribution is 0.0641. The van der Waals surface area contributed by atoms with E-state index >= 15 is 0 Å². The molecule has 1 saturated heterocycles. The molecule has 1 fully saturated rings.